The van der Waals surface area contributed by atoms with Crippen LogP contribution in [0.1, 0.15) is 33.3 Å². The summed E-state index contributed by atoms with van der Waals surface area (Å²) in [5.41, 5.74) is -0.965. The van der Waals surface area contributed by atoms with E-state index < -0.39 is 23.8 Å². The van der Waals surface area contributed by atoms with Crippen molar-refractivity contribution in [1.82, 2.24) is 10.6 Å². The Balaban J connectivity index is 2.56. The van der Waals surface area contributed by atoms with Crippen molar-refractivity contribution in [3.05, 3.63) is 29.8 Å². The fraction of sp³-hybridized carbons (Fsp3) is 0.562. The van der Waals surface area contributed by atoms with Crippen LogP contribution in [0.4, 0.5) is 13.2 Å². The Morgan fingerprint density at radius 3 is 2.35 bits per heavy atom. The summed E-state index contributed by atoms with van der Waals surface area (Å²) in [6.45, 7) is 8.32. The van der Waals surface area contributed by atoms with Crippen molar-refractivity contribution in [2.45, 2.75) is 45.5 Å². The minimum absolute atomic E-state index is 0.0709. The third kappa shape index (κ3) is 6.90. The molecule has 1 unspecified atom stereocenters. The topological polar surface area (TPSA) is 50.4 Å². The van der Waals surface area contributed by atoms with Crippen LogP contribution in [0.25, 0.3) is 0 Å². The number of nitrogens with one attached hydrogen (secondary N) is 2. The number of halogens is 3. The molecule has 1 aromatic carbocycles. The summed E-state index contributed by atoms with van der Waals surface area (Å²) < 4.78 is 43.8. The second kappa shape index (κ2) is 7.68. The van der Waals surface area contributed by atoms with Gasteiger partial charge in [-0.15, -0.1) is 0 Å². The zero-order chi connectivity index (χ0) is 17.7. The van der Waals surface area contributed by atoms with Gasteiger partial charge in [0.25, 0.3) is 5.91 Å². The van der Waals surface area contributed by atoms with E-state index in [1.807, 2.05) is 20.8 Å². The van der Waals surface area contributed by atoms with Gasteiger partial charge in [0.2, 0.25) is 0 Å². The second-order valence-corrected chi connectivity index (χ2v) is 6.22. The molecule has 0 saturated carbocycles. The van der Waals surface area contributed by atoms with E-state index in [-0.39, 0.29) is 11.3 Å². The van der Waals surface area contributed by atoms with Crippen molar-refractivity contribution in [3.63, 3.8) is 0 Å². The Morgan fingerprint density at radius 2 is 1.78 bits per heavy atom. The van der Waals surface area contributed by atoms with Crippen LogP contribution in [0.5, 0.6) is 5.75 Å². The number of alkyl halides is 3. The molecule has 0 aromatic heterocycles. The van der Waals surface area contributed by atoms with E-state index in [0.29, 0.717) is 13.1 Å². The average Bonchev–Trinajstić information content (AvgIpc) is 2.41. The molecule has 0 fully saturated rings. The molecule has 0 heterocycles. The summed E-state index contributed by atoms with van der Waals surface area (Å²) in [4.78, 5) is 11.9. The maximum atomic E-state index is 12.9. The van der Waals surface area contributed by atoms with Crippen LogP contribution < -0.4 is 15.4 Å². The van der Waals surface area contributed by atoms with Crippen LogP contribution >= 0.6 is 0 Å². The number of rotatable bonds is 6. The number of carbonyl (C=O) groups excluding carboxylic acids is 1. The number of benzene rings is 1. The van der Waals surface area contributed by atoms with Gasteiger partial charge in [-0.3, -0.25) is 4.79 Å². The molecule has 2 N–H and O–H groups in total. The molecular formula is C16H23F3N2O2. The van der Waals surface area contributed by atoms with Gasteiger partial charge in [0, 0.05) is 18.6 Å². The van der Waals surface area contributed by atoms with Crippen molar-refractivity contribution in [1.29, 1.82) is 0 Å². The first kappa shape index (κ1) is 19.3. The summed E-state index contributed by atoms with van der Waals surface area (Å²) in [5.74, 6) is -0.812. The van der Waals surface area contributed by atoms with Crippen molar-refractivity contribution >= 4 is 5.91 Å². The Hall–Kier alpha value is -1.76. The maximum Gasteiger partial charge on any atom is 0.419 e. The number of hydrogen-bond acceptors (Lipinski definition) is 3. The maximum absolute atomic E-state index is 12.9. The van der Waals surface area contributed by atoms with E-state index in [9.17, 15) is 18.0 Å². The van der Waals surface area contributed by atoms with E-state index in [0.717, 1.165) is 6.07 Å². The Kier molecular flexibility index (Phi) is 6.44. The fourth-order valence-electron chi connectivity index (χ4n) is 1.81. The predicted molar refractivity (Wildman–Crippen MR) is 82.3 cm³/mol. The number of hydrogen-bond donors (Lipinski definition) is 2. The zero-order valence-electron chi connectivity index (χ0n) is 13.8. The first-order valence-electron chi connectivity index (χ1n) is 7.36. The third-order valence-electron chi connectivity index (χ3n) is 2.94. The van der Waals surface area contributed by atoms with Gasteiger partial charge in [0.05, 0.1) is 5.56 Å². The van der Waals surface area contributed by atoms with Crippen molar-refractivity contribution in [2.24, 2.45) is 0 Å². The summed E-state index contributed by atoms with van der Waals surface area (Å²) in [5, 5.41) is 5.82. The normalized spacial score (nSPS) is 13.5. The van der Waals surface area contributed by atoms with Crippen LogP contribution in [0.3, 0.4) is 0 Å². The summed E-state index contributed by atoms with van der Waals surface area (Å²) in [7, 11) is 0. The van der Waals surface area contributed by atoms with Crippen LogP contribution in [0.2, 0.25) is 0 Å². The molecule has 1 atom stereocenters. The van der Waals surface area contributed by atoms with E-state index in [4.69, 9.17) is 4.74 Å². The summed E-state index contributed by atoms with van der Waals surface area (Å²) in [6.07, 6.45) is -5.54. The smallest absolute Gasteiger partial charge is 0.419 e. The van der Waals surface area contributed by atoms with Gasteiger partial charge in [0.1, 0.15) is 5.75 Å². The van der Waals surface area contributed by atoms with Gasteiger partial charge in [-0.05, 0) is 39.8 Å². The van der Waals surface area contributed by atoms with E-state index >= 15 is 0 Å². The van der Waals surface area contributed by atoms with Gasteiger partial charge < -0.3 is 15.4 Å². The standard InChI is InChI=1S/C16H23F3N2O2/c1-11(14(22)20-9-10-21-15(2,3)4)23-13-8-6-5-7-12(13)16(17,18)19/h5-8,11,21H,9-10H2,1-4H3,(H,20,22). The molecule has 130 valence electrons. The number of carbonyl (C=O) groups is 1. The lowest BCUT2D eigenvalue weighted by atomic mass is 10.1. The zero-order valence-corrected chi connectivity index (χ0v) is 13.8. The summed E-state index contributed by atoms with van der Waals surface area (Å²) >= 11 is 0. The first-order chi connectivity index (χ1) is 10.5. The highest BCUT2D eigenvalue weighted by Gasteiger charge is 2.34. The molecule has 0 aliphatic rings. The van der Waals surface area contributed by atoms with Gasteiger partial charge in [-0.25, -0.2) is 0 Å². The average molecular weight is 332 g/mol. The predicted octanol–water partition coefficient (Wildman–Crippen LogP) is 2.98. The molecule has 1 amide bonds. The minimum Gasteiger partial charge on any atom is -0.480 e. The molecule has 1 aromatic rings. The quantitative estimate of drug-likeness (QED) is 0.788. The molecule has 0 radical (unpaired) electrons. The van der Waals surface area contributed by atoms with Crippen molar-refractivity contribution in [2.75, 3.05) is 13.1 Å². The third-order valence-corrected chi connectivity index (χ3v) is 2.94. The Labute approximate surface area is 134 Å². The van der Waals surface area contributed by atoms with Crippen molar-refractivity contribution in [3.8, 4) is 5.75 Å². The molecule has 23 heavy (non-hydrogen) atoms. The number of ether oxygens (including phenoxy) is 1. The monoisotopic (exact) mass is 332 g/mol. The Morgan fingerprint density at radius 1 is 1.17 bits per heavy atom. The number of amides is 1. The Bertz CT molecular complexity index is 525. The molecule has 0 bridgehead atoms. The lowest BCUT2D eigenvalue weighted by molar-refractivity contribution is -0.140. The SMILES string of the molecule is CC(Oc1ccccc1C(F)(F)F)C(=O)NCCNC(C)(C)C. The second-order valence-electron chi connectivity index (χ2n) is 6.22. The first-order valence-corrected chi connectivity index (χ1v) is 7.36. The minimum atomic E-state index is -4.52. The summed E-state index contributed by atoms with van der Waals surface area (Å²) in [6, 6.07) is 4.84. The highest BCUT2D eigenvalue weighted by molar-refractivity contribution is 5.80. The van der Waals surface area contributed by atoms with Crippen LogP contribution in [0, 0.1) is 0 Å². The molecule has 0 aliphatic heterocycles. The molecule has 0 saturated heterocycles. The molecule has 0 spiro atoms. The highest BCUT2D eigenvalue weighted by atomic mass is 19.4. The van der Waals surface area contributed by atoms with Crippen LogP contribution in [-0.2, 0) is 11.0 Å². The van der Waals surface area contributed by atoms with Gasteiger partial charge in [0.15, 0.2) is 6.10 Å². The largest absolute Gasteiger partial charge is 0.480 e. The van der Waals surface area contributed by atoms with Crippen molar-refractivity contribution < 1.29 is 22.7 Å². The van der Waals surface area contributed by atoms with Gasteiger partial charge in [-0.2, -0.15) is 13.2 Å². The van der Waals surface area contributed by atoms with Gasteiger partial charge in [-0.1, -0.05) is 12.1 Å². The molecular weight excluding hydrogens is 309 g/mol. The molecule has 7 heteroatoms. The lowest BCUT2D eigenvalue weighted by Gasteiger charge is -2.21. The van der Waals surface area contributed by atoms with E-state index in [1.165, 1.54) is 25.1 Å². The highest BCUT2D eigenvalue weighted by Crippen LogP contribution is 2.36. The fourth-order valence-corrected chi connectivity index (χ4v) is 1.81. The van der Waals surface area contributed by atoms with Crippen LogP contribution in [-0.4, -0.2) is 30.6 Å². The molecule has 1 rings (SSSR count). The number of para-hydroxylation sites is 1. The van der Waals surface area contributed by atoms with Gasteiger partial charge >= 0.3 is 6.18 Å². The van der Waals surface area contributed by atoms with E-state index in [1.54, 1.807) is 0 Å². The van der Waals surface area contributed by atoms with E-state index in [2.05, 4.69) is 10.6 Å². The molecule has 4 nitrogen and oxygen atoms in total. The lowest BCUT2D eigenvalue weighted by Crippen LogP contribution is -2.44. The van der Waals surface area contributed by atoms with Crippen LogP contribution in [0.15, 0.2) is 24.3 Å². The molecule has 0 aliphatic carbocycles.